The zero-order valence-corrected chi connectivity index (χ0v) is 17.4. The van der Waals surface area contributed by atoms with E-state index in [-0.39, 0.29) is 30.3 Å². The normalized spacial score (nSPS) is 15.8. The predicted molar refractivity (Wildman–Crippen MR) is 109 cm³/mol. The molecule has 0 saturated carbocycles. The van der Waals surface area contributed by atoms with Crippen molar-refractivity contribution in [2.24, 2.45) is 0 Å². The van der Waals surface area contributed by atoms with Crippen LogP contribution in [0.1, 0.15) is 35.8 Å². The highest BCUT2D eigenvalue weighted by molar-refractivity contribution is 5.78. The summed E-state index contributed by atoms with van der Waals surface area (Å²) < 4.78 is 23.4. The molecule has 1 aromatic carbocycles. The van der Waals surface area contributed by atoms with Crippen LogP contribution in [0.4, 0.5) is 10.2 Å². The van der Waals surface area contributed by atoms with Crippen LogP contribution in [-0.4, -0.2) is 51.5 Å². The standard InChI is InChI=1S/C21H23FN6O3/c1-14-21(26-31-25-14)17-4-3-11-28(17)20(29)13-30-19-10-9-18(23-24-19)27(2)12-15-5-7-16(22)8-6-15/h5-10,17H,3-4,11-13H2,1-2H3. The van der Waals surface area contributed by atoms with Gasteiger partial charge < -0.3 is 14.5 Å². The molecule has 1 aliphatic heterocycles. The summed E-state index contributed by atoms with van der Waals surface area (Å²) in [7, 11) is 1.87. The molecule has 3 heterocycles. The van der Waals surface area contributed by atoms with E-state index in [4.69, 9.17) is 9.37 Å². The van der Waals surface area contributed by atoms with Crippen LogP contribution >= 0.6 is 0 Å². The second-order valence-corrected chi connectivity index (χ2v) is 7.48. The Kier molecular flexibility index (Phi) is 6.06. The quantitative estimate of drug-likeness (QED) is 0.569. The highest BCUT2D eigenvalue weighted by Crippen LogP contribution is 2.32. The minimum Gasteiger partial charge on any atom is -0.466 e. The van der Waals surface area contributed by atoms with Crippen LogP contribution in [0.15, 0.2) is 41.0 Å². The molecule has 31 heavy (non-hydrogen) atoms. The summed E-state index contributed by atoms with van der Waals surface area (Å²) in [6, 6.07) is 9.59. The van der Waals surface area contributed by atoms with Crippen molar-refractivity contribution in [2.75, 3.05) is 25.1 Å². The fourth-order valence-corrected chi connectivity index (χ4v) is 3.65. The SMILES string of the molecule is Cc1nonc1C1CCCN1C(=O)COc1ccc(N(C)Cc2ccc(F)cc2)nn1. The van der Waals surface area contributed by atoms with Crippen LogP contribution in [-0.2, 0) is 11.3 Å². The molecule has 4 rings (SSSR count). The van der Waals surface area contributed by atoms with Crippen LogP contribution in [0.5, 0.6) is 5.88 Å². The van der Waals surface area contributed by atoms with Gasteiger partial charge in [0.2, 0.25) is 5.88 Å². The number of hydrogen-bond acceptors (Lipinski definition) is 8. The molecule has 1 atom stereocenters. The number of benzene rings is 1. The molecule has 1 aliphatic rings. The van der Waals surface area contributed by atoms with Gasteiger partial charge in [0.15, 0.2) is 12.4 Å². The zero-order chi connectivity index (χ0) is 21.8. The van der Waals surface area contributed by atoms with Crippen molar-refractivity contribution in [2.45, 2.75) is 32.4 Å². The fourth-order valence-electron chi connectivity index (χ4n) is 3.65. The van der Waals surface area contributed by atoms with Gasteiger partial charge in [-0.1, -0.05) is 22.4 Å². The Hall–Kier alpha value is -3.56. The first-order valence-corrected chi connectivity index (χ1v) is 10.0. The second kappa shape index (κ2) is 9.07. The lowest BCUT2D eigenvalue weighted by molar-refractivity contribution is -0.134. The van der Waals surface area contributed by atoms with Gasteiger partial charge in [0.1, 0.15) is 17.2 Å². The Morgan fingerprint density at radius 1 is 1.23 bits per heavy atom. The predicted octanol–water partition coefficient (Wildman–Crippen LogP) is 2.69. The maximum absolute atomic E-state index is 13.0. The van der Waals surface area contributed by atoms with Crippen molar-refractivity contribution in [1.29, 1.82) is 0 Å². The molecule has 9 nitrogen and oxygen atoms in total. The van der Waals surface area contributed by atoms with E-state index in [1.165, 1.54) is 12.1 Å². The third kappa shape index (κ3) is 4.79. The Morgan fingerprint density at radius 3 is 2.71 bits per heavy atom. The van der Waals surface area contributed by atoms with Crippen LogP contribution in [0.2, 0.25) is 0 Å². The molecule has 10 heteroatoms. The second-order valence-electron chi connectivity index (χ2n) is 7.48. The summed E-state index contributed by atoms with van der Waals surface area (Å²) >= 11 is 0. The minimum atomic E-state index is -0.268. The summed E-state index contributed by atoms with van der Waals surface area (Å²) in [6.45, 7) is 2.87. The first-order chi connectivity index (χ1) is 15.0. The average molecular weight is 426 g/mol. The number of likely N-dealkylation sites (tertiary alicyclic amines) is 1. The molecule has 162 valence electrons. The van der Waals surface area contributed by atoms with Gasteiger partial charge in [-0.15, -0.1) is 10.2 Å². The largest absolute Gasteiger partial charge is 0.466 e. The van der Waals surface area contributed by atoms with Gasteiger partial charge in [-0.3, -0.25) is 4.79 Å². The first kappa shape index (κ1) is 20.7. The van der Waals surface area contributed by atoms with E-state index in [9.17, 15) is 9.18 Å². The smallest absolute Gasteiger partial charge is 0.261 e. The summed E-state index contributed by atoms with van der Waals surface area (Å²) in [4.78, 5) is 16.3. The highest BCUT2D eigenvalue weighted by atomic mass is 19.1. The fraction of sp³-hybridized carbons (Fsp3) is 0.381. The van der Waals surface area contributed by atoms with Gasteiger partial charge in [-0.2, -0.15) is 0 Å². The molecule has 2 aromatic heterocycles. The Morgan fingerprint density at radius 2 is 2.03 bits per heavy atom. The number of halogens is 1. The highest BCUT2D eigenvalue weighted by Gasteiger charge is 2.33. The van der Waals surface area contributed by atoms with Crippen molar-refractivity contribution in [3.05, 3.63) is 59.2 Å². The average Bonchev–Trinajstić information content (AvgIpc) is 3.42. The lowest BCUT2D eigenvalue weighted by atomic mass is 10.1. The van der Waals surface area contributed by atoms with E-state index in [1.807, 2.05) is 18.9 Å². The molecular formula is C21H23FN6O3. The number of amides is 1. The number of aromatic nitrogens is 4. The van der Waals surface area contributed by atoms with E-state index in [0.717, 1.165) is 18.4 Å². The molecule has 0 radical (unpaired) electrons. The number of aryl methyl sites for hydroxylation is 1. The topological polar surface area (TPSA) is 97.5 Å². The maximum Gasteiger partial charge on any atom is 0.261 e. The molecule has 0 spiro atoms. The van der Waals surface area contributed by atoms with Crippen molar-refractivity contribution in [3.8, 4) is 5.88 Å². The van der Waals surface area contributed by atoms with Gasteiger partial charge in [0.05, 0.1) is 6.04 Å². The van der Waals surface area contributed by atoms with E-state index < -0.39 is 0 Å². The van der Waals surface area contributed by atoms with Crippen molar-refractivity contribution < 1.29 is 18.6 Å². The Balaban J connectivity index is 1.32. The molecule has 1 saturated heterocycles. The molecule has 0 aliphatic carbocycles. The van der Waals surface area contributed by atoms with Gasteiger partial charge in [-0.25, -0.2) is 9.02 Å². The molecule has 1 fully saturated rings. The summed E-state index contributed by atoms with van der Waals surface area (Å²) in [5.74, 6) is 0.485. The zero-order valence-electron chi connectivity index (χ0n) is 17.4. The van der Waals surface area contributed by atoms with Crippen molar-refractivity contribution >= 4 is 11.7 Å². The molecule has 0 bridgehead atoms. The summed E-state index contributed by atoms with van der Waals surface area (Å²) in [5, 5.41) is 16.0. The van der Waals surface area contributed by atoms with Crippen LogP contribution in [0.25, 0.3) is 0 Å². The van der Waals surface area contributed by atoms with Gasteiger partial charge >= 0.3 is 0 Å². The molecule has 1 unspecified atom stereocenters. The van der Waals surface area contributed by atoms with E-state index >= 15 is 0 Å². The summed E-state index contributed by atoms with van der Waals surface area (Å²) in [6.07, 6.45) is 1.70. The number of carbonyl (C=O) groups excluding carboxylic acids is 1. The molecule has 0 N–H and O–H groups in total. The lowest BCUT2D eigenvalue weighted by Gasteiger charge is -2.23. The molecular weight excluding hydrogens is 403 g/mol. The summed E-state index contributed by atoms with van der Waals surface area (Å²) in [5.41, 5.74) is 2.34. The maximum atomic E-state index is 13.0. The number of carbonyl (C=O) groups is 1. The minimum absolute atomic E-state index is 0.139. The van der Waals surface area contributed by atoms with E-state index in [0.29, 0.717) is 30.3 Å². The van der Waals surface area contributed by atoms with E-state index in [2.05, 4.69) is 20.5 Å². The number of anilines is 1. The van der Waals surface area contributed by atoms with E-state index in [1.54, 1.807) is 29.2 Å². The Bertz CT molecular complexity index is 1020. The van der Waals surface area contributed by atoms with Gasteiger partial charge in [0, 0.05) is 26.2 Å². The monoisotopic (exact) mass is 426 g/mol. The van der Waals surface area contributed by atoms with Crippen LogP contribution in [0, 0.1) is 12.7 Å². The van der Waals surface area contributed by atoms with Crippen LogP contribution in [0.3, 0.4) is 0 Å². The molecule has 3 aromatic rings. The number of rotatable bonds is 7. The lowest BCUT2D eigenvalue weighted by Crippen LogP contribution is -2.35. The number of nitrogens with zero attached hydrogens (tertiary/aromatic N) is 6. The van der Waals surface area contributed by atoms with Gasteiger partial charge in [-0.05, 0) is 43.5 Å². The third-order valence-corrected chi connectivity index (χ3v) is 5.27. The first-order valence-electron chi connectivity index (χ1n) is 10.0. The van der Waals surface area contributed by atoms with Crippen molar-refractivity contribution in [3.63, 3.8) is 0 Å². The number of hydrogen-bond donors (Lipinski definition) is 0. The van der Waals surface area contributed by atoms with Crippen molar-refractivity contribution in [1.82, 2.24) is 25.4 Å². The third-order valence-electron chi connectivity index (χ3n) is 5.27. The van der Waals surface area contributed by atoms with Crippen LogP contribution < -0.4 is 9.64 Å². The number of ether oxygens (including phenoxy) is 1. The van der Waals surface area contributed by atoms with Gasteiger partial charge in [0.25, 0.3) is 5.91 Å². The Labute approximate surface area is 178 Å². The molecule has 1 amide bonds.